The minimum absolute atomic E-state index is 0.469. The monoisotopic (exact) mass is 385 g/mol. The first-order valence-corrected chi connectivity index (χ1v) is 8.81. The lowest BCUT2D eigenvalue weighted by atomic mass is 10.00. The van der Waals surface area contributed by atoms with Crippen molar-refractivity contribution in [1.82, 2.24) is 5.32 Å². The molecule has 1 unspecified atom stereocenters. The molecule has 0 aliphatic rings. The fraction of sp³-hybridized carbons (Fsp3) is 0.375. The fourth-order valence-corrected chi connectivity index (χ4v) is 3.21. The van der Waals surface area contributed by atoms with E-state index in [4.69, 9.17) is 0 Å². The Hall–Kier alpha value is -0.390. The lowest BCUT2D eigenvalue weighted by molar-refractivity contribution is 0.499. The fourth-order valence-electron chi connectivity index (χ4n) is 2.15. The third kappa shape index (κ3) is 4.89. The number of hydrogen-bond donors (Lipinski definition) is 1. The van der Waals surface area contributed by atoms with Crippen LogP contribution in [0.5, 0.6) is 0 Å². The van der Waals surface area contributed by atoms with Crippen LogP contribution in [0.15, 0.2) is 41.1 Å². The van der Waals surface area contributed by atoms with Crippen molar-refractivity contribution in [3.8, 4) is 0 Å². The molecule has 0 fully saturated rings. The van der Waals surface area contributed by atoms with Crippen LogP contribution in [0.4, 0.5) is 0 Å². The van der Waals surface area contributed by atoms with Crippen LogP contribution in [0.3, 0.4) is 0 Å². The van der Waals surface area contributed by atoms with Crippen molar-refractivity contribution in [3.05, 3.63) is 55.8 Å². The first kappa shape index (κ1) is 15.0. The summed E-state index contributed by atoms with van der Waals surface area (Å²) in [6.07, 6.45) is 3.49. The van der Waals surface area contributed by atoms with Crippen LogP contribution in [0, 0.1) is 3.57 Å². The van der Waals surface area contributed by atoms with E-state index in [1.165, 1.54) is 21.1 Å². The van der Waals surface area contributed by atoms with Gasteiger partial charge < -0.3 is 5.32 Å². The van der Waals surface area contributed by atoms with E-state index in [1.807, 2.05) is 0 Å². The van der Waals surface area contributed by atoms with Gasteiger partial charge >= 0.3 is 0 Å². The van der Waals surface area contributed by atoms with Gasteiger partial charge in [-0.05, 0) is 88.5 Å². The van der Waals surface area contributed by atoms with Crippen LogP contribution in [0.25, 0.3) is 0 Å². The Labute approximate surface area is 133 Å². The SMILES string of the molecule is CCCNC(CCc1ccsc1)c1ccc(I)cc1. The average molecular weight is 385 g/mol. The van der Waals surface area contributed by atoms with Crippen LogP contribution in [0.1, 0.15) is 36.9 Å². The van der Waals surface area contributed by atoms with Gasteiger partial charge in [0.2, 0.25) is 0 Å². The molecule has 0 aliphatic heterocycles. The number of halogens is 1. The maximum Gasteiger partial charge on any atom is 0.0323 e. The van der Waals surface area contributed by atoms with E-state index in [0.717, 1.165) is 19.4 Å². The zero-order valence-electron chi connectivity index (χ0n) is 11.2. The van der Waals surface area contributed by atoms with E-state index in [0.29, 0.717) is 6.04 Å². The highest BCUT2D eigenvalue weighted by molar-refractivity contribution is 14.1. The molecule has 0 amide bonds. The molecular formula is C16H20INS. The van der Waals surface area contributed by atoms with E-state index in [1.54, 1.807) is 11.3 Å². The normalized spacial score (nSPS) is 12.5. The molecule has 0 spiro atoms. The van der Waals surface area contributed by atoms with Crippen LogP contribution in [0.2, 0.25) is 0 Å². The number of aryl methyl sites for hydroxylation is 1. The van der Waals surface area contributed by atoms with Crippen molar-refractivity contribution in [1.29, 1.82) is 0 Å². The van der Waals surface area contributed by atoms with Crippen molar-refractivity contribution >= 4 is 33.9 Å². The van der Waals surface area contributed by atoms with Gasteiger partial charge in [-0.1, -0.05) is 19.1 Å². The van der Waals surface area contributed by atoms with Crippen molar-refractivity contribution in [2.24, 2.45) is 0 Å². The molecule has 1 aromatic heterocycles. The average Bonchev–Trinajstić information content (AvgIpc) is 2.93. The minimum atomic E-state index is 0.469. The quantitative estimate of drug-likeness (QED) is 0.660. The molecule has 2 rings (SSSR count). The van der Waals surface area contributed by atoms with Gasteiger partial charge in [0.25, 0.3) is 0 Å². The second-order valence-electron chi connectivity index (χ2n) is 4.73. The van der Waals surface area contributed by atoms with Crippen molar-refractivity contribution < 1.29 is 0 Å². The molecule has 1 heterocycles. The van der Waals surface area contributed by atoms with Gasteiger partial charge in [0, 0.05) is 9.61 Å². The molecule has 2 aromatic rings. The zero-order valence-corrected chi connectivity index (χ0v) is 14.2. The van der Waals surface area contributed by atoms with E-state index in [9.17, 15) is 0 Å². The summed E-state index contributed by atoms with van der Waals surface area (Å²) in [7, 11) is 0. The summed E-state index contributed by atoms with van der Waals surface area (Å²) in [5.41, 5.74) is 2.86. The molecule has 3 heteroatoms. The van der Waals surface area contributed by atoms with Crippen LogP contribution < -0.4 is 5.32 Å². The third-order valence-corrected chi connectivity index (χ3v) is 4.67. The Balaban J connectivity index is 2.00. The van der Waals surface area contributed by atoms with Gasteiger partial charge in [0.1, 0.15) is 0 Å². The molecule has 0 saturated heterocycles. The molecule has 1 atom stereocenters. The van der Waals surface area contributed by atoms with Gasteiger partial charge in [-0.15, -0.1) is 0 Å². The molecule has 0 bridgehead atoms. The van der Waals surface area contributed by atoms with E-state index >= 15 is 0 Å². The number of nitrogens with one attached hydrogen (secondary N) is 1. The van der Waals surface area contributed by atoms with Gasteiger partial charge in [0.15, 0.2) is 0 Å². The highest BCUT2D eigenvalue weighted by atomic mass is 127. The number of hydrogen-bond acceptors (Lipinski definition) is 2. The number of rotatable bonds is 7. The Morgan fingerprint density at radius 3 is 2.63 bits per heavy atom. The van der Waals surface area contributed by atoms with Gasteiger partial charge in [0.05, 0.1) is 0 Å². The van der Waals surface area contributed by atoms with Crippen molar-refractivity contribution in [3.63, 3.8) is 0 Å². The Bertz CT molecular complexity index is 464. The third-order valence-electron chi connectivity index (χ3n) is 3.21. The molecule has 1 N–H and O–H groups in total. The second kappa shape index (κ2) is 8.02. The molecule has 0 radical (unpaired) electrons. The first-order valence-electron chi connectivity index (χ1n) is 6.79. The predicted molar refractivity (Wildman–Crippen MR) is 92.8 cm³/mol. The topological polar surface area (TPSA) is 12.0 Å². The van der Waals surface area contributed by atoms with Gasteiger partial charge in [-0.3, -0.25) is 0 Å². The smallest absolute Gasteiger partial charge is 0.0323 e. The highest BCUT2D eigenvalue weighted by Crippen LogP contribution is 2.21. The Morgan fingerprint density at radius 2 is 2.00 bits per heavy atom. The molecular weight excluding hydrogens is 365 g/mol. The van der Waals surface area contributed by atoms with E-state index < -0.39 is 0 Å². The van der Waals surface area contributed by atoms with E-state index in [-0.39, 0.29) is 0 Å². The molecule has 0 saturated carbocycles. The summed E-state index contributed by atoms with van der Waals surface area (Å²) in [5, 5.41) is 8.08. The Kier molecular flexibility index (Phi) is 6.34. The lowest BCUT2D eigenvalue weighted by Crippen LogP contribution is -2.22. The molecule has 0 aliphatic carbocycles. The second-order valence-corrected chi connectivity index (χ2v) is 6.75. The van der Waals surface area contributed by atoms with Crippen LogP contribution in [-0.2, 0) is 6.42 Å². The van der Waals surface area contributed by atoms with Crippen molar-refractivity contribution in [2.75, 3.05) is 6.54 Å². The maximum absolute atomic E-state index is 3.67. The summed E-state index contributed by atoms with van der Waals surface area (Å²) in [6.45, 7) is 3.30. The predicted octanol–water partition coefficient (Wildman–Crippen LogP) is 5.03. The molecule has 1 nitrogen and oxygen atoms in total. The summed E-state index contributed by atoms with van der Waals surface area (Å²) in [5.74, 6) is 0. The largest absolute Gasteiger partial charge is 0.310 e. The summed E-state index contributed by atoms with van der Waals surface area (Å²) in [6, 6.07) is 11.6. The summed E-state index contributed by atoms with van der Waals surface area (Å²) in [4.78, 5) is 0. The molecule has 1 aromatic carbocycles. The number of benzene rings is 1. The Morgan fingerprint density at radius 1 is 1.21 bits per heavy atom. The standard InChI is InChI=1S/C16H20INS/c1-2-10-18-16(8-3-13-9-11-19-12-13)14-4-6-15(17)7-5-14/h4-7,9,11-12,16,18H,2-3,8,10H2,1H3. The van der Waals surface area contributed by atoms with E-state index in [2.05, 4.69) is 75.9 Å². The highest BCUT2D eigenvalue weighted by Gasteiger charge is 2.10. The number of thiophene rings is 1. The van der Waals surface area contributed by atoms with Gasteiger partial charge in [-0.25, -0.2) is 0 Å². The summed E-state index contributed by atoms with van der Waals surface area (Å²) < 4.78 is 1.30. The molecule has 19 heavy (non-hydrogen) atoms. The van der Waals surface area contributed by atoms with Gasteiger partial charge in [-0.2, -0.15) is 11.3 Å². The van der Waals surface area contributed by atoms with Crippen LogP contribution in [-0.4, -0.2) is 6.54 Å². The first-order chi connectivity index (χ1) is 9.29. The minimum Gasteiger partial charge on any atom is -0.310 e. The van der Waals surface area contributed by atoms with Crippen LogP contribution >= 0.6 is 33.9 Å². The zero-order chi connectivity index (χ0) is 13.5. The summed E-state index contributed by atoms with van der Waals surface area (Å²) >= 11 is 4.14. The van der Waals surface area contributed by atoms with Crippen molar-refractivity contribution in [2.45, 2.75) is 32.2 Å². The maximum atomic E-state index is 3.67. The molecule has 102 valence electrons. The lowest BCUT2D eigenvalue weighted by Gasteiger charge is -2.19.